The second kappa shape index (κ2) is 9.30. The summed E-state index contributed by atoms with van der Waals surface area (Å²) in [5.74, 6) is -0.799. The van der Waals surface area contributed by atoms with Crippen LogP contribution in [0.25, 0.3) is 6.08 Å². The highest BCUT2D eigenvalue weighted by atomic mass is 32.2. The maximum Gasteiger partial charge on any atom is 0.238 e. The van der Waals surface area contributed by atoms with Gasteiger partial charge in [0.25, 0.3) is 0 Å². The number of hydrogen-bond acceptors (Lipinski definition) is 4. The average molecular weight is 418 g/mol. The van der Waals surface area contributed by atoms with Gasteiger partial charge in [0, 0.05) is 31.6 Å². The minimum absolute atomic E-state index is 0.0844. The lowest BCUT2D eigenvalue weighted by atomic mass is 10.2. The predicted molar refractivity (Wildman–Crippen MR) is 112 cm³/mol. The number of benzene rings is 2. The third-order valence-corrected chi connectivity index (χ3v) is 6.25. The van der Waals surface area contributed by atoms with Crippen molar-refractivity contribution in [2.45, 2.75) is 6.92 Å². The van der Waals surface area contributed by atoms with Crippen molar-refractivity contribution >= 4 is 27.7 Å². The minimum Gasteiger partial charge on any atom is -0.322 e. The molecule has 154 valence electrons. The Morgan fingerprint density at radius 3 is 2.45 bits per heavy atom. The number of amides is 1. The van der Waals surface area contributed by atoms with Gasteiger partial charge in [0.05, 0.1) is 12.2 Å². The molecule has 0 spiro atoms. The molecule has 0 unspecified atom stereocenters. The SMILES string of the molecule is Cc1ccc(NC(=O)CN2CCN(S(=O)(=O)/C=C/c3ccccc3)CC2)c(F)c1. The van der Waals surface area contributed by atoms with Crippen LogP contribution in [0, 0.1) is 12.7 Å². The van der Waals surface area contributed by atoms with Crippen LogP contribution in [0.5, 0.6) is 0 Å². The number of nitrogens with zero attached hydrogens (tertiary/aromatic N) is 2. The number of hydrogen-bond donors (Lipinski definition) is 1. The molecule has 3 rings (SSSR count). The van der Waals surface area contributed by atoms with Gasteiger partial charge in [-0.1, -0.05) is 36.4 Å². The highest BCUT2D eigenvalue weighted by molar-refractivity contribution is 7.92. The van der Waals surface area contributed by atoms with Crippen LogP contribution in [0.3, 0.4) is 0 Å². The lowest BCUT2D eigenvalue weighted by Gasteiger charge is -2.32. The van der Waals surface area contributed by atoms with Crippen LogP contribution in [-0.4, -0.2) is 56.3 Å². The Morgan fingerprint density at radius 2 is 1.79 bits per heavy atom. The third-order valence-electron chi connectivity index (χ3n) is 4.69. The van der Waals surface area contributed by atoms with E-state index in [0.29, 0.717) is 26.2 Å². The van der Waals surface area contributed by atoms with Gasteiger partial charge in [0.1, 0.15) is 5.82 Å². The second-order valence-electron chi connectivity index (χ2n) is 6.97. The fourth-order valence-corrected chi connectivity index (χ4v) is 4.24. The van der Waals surface area contributed by atoms with Crippen LogP contribution in [0.2, 0.25) is 0 Å². The fourth-order valence-electron chi connectivity index (χ4n) is 3.07. The minimum atomic E-state index is -3.52. The maximum absolute atomic E-state index is 13.9. The summed E-state index contributed by atoms with van der Waals surface area (Å²) in [7, 11) is -3.52. The molecule has 8 heteroatoms. The van der Waals surface area contributed by atoms with Crippen molar-refractivity contribution in [2.75, 3.05) is 38.0 Å². The number of piperazine rings is 1. The fraction of sp³-hybridized carbons (Fsp3) is 0.286. The number of halogens is 1. The number of aryl methyl sites for hydroxylation is 1. The van der Waals surface area contributed by atoms with E-state index in [2.05, 4.69) is 5.32 Å². The lowest BCUT2D eigenvalue weighted by Crippen LogP contribution is -2.49. The van der Waals surface area contributed by atoms with Crippen molar-refractivity contribution in [3.05, 3.63) is 70.9 Å². The monoisotopic (exact) mass is 417 g/mol. The Balaban J connectivity index is 1.50. The standard InChI is InChI=1S/C21H24FN3O3S/c1-17-7-8-20(19(22)15-17)23-21(26)16-24-10-12-25(13-11-24)29(27,28)14-9-18-5-3-2-4-6-18/h2-9,14-15H,10-13,16H2,1H3,(H,23,26)/b14-9+. The number of rotatable bonds is 6. The summed E-state index contributed by atoms with van der Waals surface area (Å²) >= 11 is 0. The van der Waals surface area contributed by atoms with Gasteiger partial charge in [-0.25, -0.2) is 12.8 Å². The summed E-state index contributed by atoms with van der Waals surface area (Å²) in [6.07, 6.45) is 1.57. The second-order valence-corrected chi connectivity index (χ2v) is 8.78. The summed E-state index contributed by atoms with van der Waals surface area (Å²) in [5, 5.41) is 3.78. The van der Waals surface area contributed by atoms with Crippen molar-refractivity contribution in [1.29, 1.82) is 0 Å². The first-order chi connectivity index (χ1) is 13.8. The molecule has 0 atom stereocenters. The Labute approximate surface area is 170 Å². The molecule has 29 heavy (non-hydrogen) atoms. The van der Waals surface area contributed by atoms with Crippen LogP contribution in [0.1, 0.15) is 11.1 Å². The van der Waals surface area contributed by atoms with Crippen LogP contribution >= 0.6 is 0 Å². The Hall–Kier alpha value is -2.55. The molecule has 0 bridgehead atoms. The van der Waals surface area contributed by atoms with E-state index in [1.165, 1.54) is 21.8 Å². The summed E-state index contributed by atoms with van der Waals surface area (Å²) in [6.45, 7) is 3.32. The molecule has 1 amide bonds. The maximum atomic E-state index is 13.9. The zero-order valence-corrected chi connectivity index (χ0v) is 17.0. The first-order valence-electron chi connectivity index (χ1n) is 9.35. The lowest BCUT2D eigenvalue weighted by molar-refractivity contribution is -0.117. The molecule has 1 N–H and O–H groups in total. The van der Waals surface area contributed by atoms with E-state index in [9.17, 15) is 17.6 Å². The molecule has 0 radical (unpaired) electrons. The van der Waals surface area contributed by atoms with E-state index in [4.69, 9.17) is 0 Å². The van der Waals surface area contributed by atoms with E-state index in [1.807, 2.05) is 35.2 Å². The Kier molecular flexibility index (Phi) is 6.79. The number of nitrogens with one attached hydrogen (secondary N) is 1. The summed E-state index contributed by atoms with van der Waals surface area (Å²) in [6, 6.07) is 13.9. The first kappa shape index (κ1) is 21.2. The van der Waals surface area contributed by atoms with Gasteiger partial charge in [0.15, 0.2) is 0 Å². The van der Waals surface area contributed by atoms with Crippen LogP contribution in [0.4, 0.5) is 10.1 Å². The van der Waals surface area contributed by atoms with E-state index in [0.717, 1.165) is 11.1 Å². The van der Waals surface area contributed by atoms with Gasteiger partial charge in [-0.15, -0.1) is 0 Å². The topological polar surface area (TPSA) is 69.7 Å². The summed E-state index contributed by atoms with van der Waals surface area (Å²) < 4.78 is 40.2. The van der Waals surface area contributed by atoms with Gasteiger partial charge in [-0.05, 0) is 36.3 Å². The Morgan fingerprint density at radius 1 is 1.10 bits per heavy atom. The van der Waals surface area contributed by atoms with Gasteiger partial charge < -0.3 is 5.32 Å². The molecule has 1 aliphatic heterocycles. The molecule has 2 aromatic rings. The molecule has 1 saturated heterocycles. The average Bonchev–Trinajstić information content (AvgIpc) is 2.70. The van der Waals surface area contributed by atoms with Crippen molar-refractivity contribution in [3.63, 3.8) is 0 Å². The van der Waals surface area contributed by atoms with Gasteiger partial charge in [-0.2, -0.15) is 4.31 Å². The predicted octanol–water partition coefficient (Wildman–Crippen LogP) is 2.69. The smallest absolute Gasteiger partial charge is 0.238 e. The molecule has 1 heterocycles. The highest BCUT2D eigenvalue weighted by Crippen LogP contribution is 2.16. The van der Waals surface area contributed by atoms with Gasteiger partial charge in [0.2, 0.25) is 15.9 Å². The van der Waals surface area contributed by atoms with E-state index in [1.54, 1.807) is 19.1 Å². The summed E-state index contributed by atoms with van der Waals surface area (Å²) in [4.78, 5) is 14.0. The normalized spacial score (nSPS) is 16.2. The number of carbonyl (C=O) groups is 1. The third kappa shape index (κ3) is 5.96. The first-order valence-corrected chi connectivity index (χ1v) is 10.9. The largest absolute Gasteiger partial charge is 0.322 e. The van der Waals surface area contributed by atoms with Gasteiger partial charge in [-0.3, -0.25) is 9.69 Å². The van der Waals surface area contributed by atoms with Crippen molar-refractivity contribution in [1.82, 2.24) is 9.21 Å². The Bertz CT molecular complexity index is 985. The molecular formula is C21H24FN3O3S. The number of sulfonamides is 1. The van der Waals surface area contributed by atoms with Gasteiger partial charge >= 0.3 is 0 Å². The van der Waals surface area contributed by atoms with Crippen molar-refractivity contribution in [2.24, 2.45) is 0 Å². The highest BCUT2D eigenvalue weighted by Gasteiger charge is 2.26. The zero-order chi connectivity index (χ0) is 20.9. The molecule has 6 nitrogen and oxygen atoms in total. The molecule has 0 aliphatic carbocycles. The van der Waals surface area contributed by atoms with Crippen LogP contribution < -0.4 is 5.32 Å². The molecule has 2 aromatic carbocycles. The molecular weight excluding hydrogens is 393 g/mol. The molecule has 0 aromatic heterocycles. The van der Waals surface area contributed by atoms with E-state index < -0.39 is 15.8 Å². The van der Waals surface area contributed by atoms with Crippen LogP contribution in [0.15, 0.2) is 53.9 Å². The zero-order valence-electron chi connectivity index (χ0n) is 16.2. The summed E-state index contributed by atoms with van der Waals surface area (Å²) in [5.41, 5.74) is 1.74. The van der Waals surface area contributed by atoms with Crippen molar-refractivity contribution < 1.29 is 17.6 Å². The van der Waals surface area contributed by atoms with Crippen molar-refractivity contribution in [3.8, 4) is 0 Å². The molecule has 0 saturated carbocycles. The van der Waals surface area contributed by atoms with E-state index >= 15 is 0 Å². The van der Waals surface area contributed by atoms with Crippen LogP contribution in [-0.2, 0) is 14.8 Å². The quantitative estimate of drug-likeness (QED) is 0.785. The van der Waals surface area contributed by atoms with E-state index in [-0.39, 0.29) is 18.1 Å². The number of anilines is 1. The molecule has 1 aliphatic rings. The number of carbonyl (C=O) groups excluding carboxylic acids is 1. The molecule has 1 fully saturated rings.